The first kappa shape index (κ1) is 17.0. The SMILES string of the molecule is Cc1nn(CC(=O)NC(CO)(CO)CO)c(C)c1[N+](=O)[O-]. The van der Waals surface area contributed by atoms with E-state index in [2.05, 4.69) is 10.4 Å². The predicted molar refractivity (Wildman–Crippen MR) is 70.5 cm³/mol. The molecule has 0 atom stereocenters. The van der Waals surface area contributed by atoms with Crippen LogP contribution in [0.4, 0.5) is 5.69 Å². The molecule has 0 spiro atoms. The van der Waals surface area contributed by atoms with Crippen molar-refractivity contribution in [1.29, 1.82) is 0 Å². The van der Waals surface area contributed by atoms with Crippen molar-refractivity contribution in [3.8, 4) is 0 Å². The summed E-state index contributed by atoms with van der Waals surface area (Å²) in [6.45, 7) is 0.638. The van der Waals surface area contributed by atoms with E-state index in [1.54, 1.807) is 0 Å². The number of aliphatic hydroxyl groups is 3. The van der Waals surface area contributed by atoms with Crippen molar-refractivity contribution in [3.05, 3.63) is 21.5 Å². The van der Waals surface area contributed by atoms with Gasteiger partial charge in [-0.1, -0.05) is 0 Å². The Bertz CT molecular complexity index is 529. The summed E-state index contributed by atoms with van der Waals surface area (Å²) in [7, 11) is 0. The number of hydrogen-bond acceptors (Lipinski definition) is 7. The molecule has 1 amide bonds. The summed E-state index contributed by atoms with van der Waals surface area (Å²) >= 11 is 0. The largest absolute Gasteiger partial charge is 0.394 e. The minimum atomic E-state index is -1.54. The maximum atomic E-state index is 11.9. The molecule has 118 valence electrons. The quantitative estimate of drug-likeness (QED) is 0.344. The van der Waals surface area contributed by atoms with Crippen molar-refractivity contribution >= 4 is 11.6 Å². The lowest BCUT2D eigenvalue weighted by molar-refractivity contribution is -0.386. The summed E-state index contributed by atoms with van der Waals surface area (Å²) in [6.07, 6.45) is 0. The summed E-state index contributed by atoms with van der Waals surface area (Å²) in [5.74, 6) is -0.646. The lowest BCUT2D eigenvalue weighted by Crippen LogP contribution is -2.57. The second kappa shape index (κ2) is 6.61. The van der Waals surface area contributed by atoms with E-state index in [-0.39, 0.29) is 23.6 Å². The van der Waals surface area contributed by atoms with Gasteiger partial charge in [-0.05, 0) is 13.8 Å². The maximum Gasteiger partial charge on any atom is 0.312 e. The Kier molecular flexibility index (Phi) is 5.35. The third kappa shape index (κ3) is 3.54. The zero-order valence-corrected chi connectivity index (χ0v) is 11.7. The molecular weight excluding hydrogens is 284 g/mol. The van der Waals surface area contributed by atoms with Crippen molar-refractivity contribution in [2.45, 2.75) is 25.9 Å². The van der Waals surface area contributed by atoms with E-state index in [1.165, 1.54) is 13.8 Å². The van der Waals surface area contributed by atoms with Gasteiger partial charge in [0.1, 0.15) is 23.5 Å². The molecular formula is C11H18N4O6. The van der Waals surface area contributed by atoms with Gasteiger partial charge in [-0.25, -0.2) is 0 Å². The van der Waals surface area contributed by atoms with Crippen LogP contribution in [0.15, 0.2) is 0 Å². The number of aryl methyl sites for hydroxylation is 1. The first-order chi connectivity index (χ1) is 9.80. The molecule has 10 nitrogen and oxygen atoms in total. The third-order valence-electron chi connectivity index (χ3n) is 3.13. The van der Waals surface area contributed by atoms with Crippen LogP contribution in [0.2, 0.25) is 0 Å². The molecule has 0 aliphatic carbocycles. The van der Waals surface area contributed by atoms with E-state index in [1.807, 2.05) is 0 Å². The molecule has 1 heterocycles. The van der Waals surface area contributed by atoms with Crippen molar-refractivity contribution in [2.75, 3.05) is 19.8 Å². The molecule has 4 N–H and O–H groups in total. The van der Waals surface area contributed by atoms with Gasteiger partial charge in [0, 0.05) is 0 Å². The highest BCUT2D eigenvalue weighted by atomic mass is 16.6. The third-order valence-corrected chi connectivity index (χ3v) is 3.13. The maximum absolute atomic E-state index is 11.9. The van der Waals surface area contributed by atoms with E-state index in [0.29, 0.717) is 0 Å². The number of hydrogen-bond donors (Lipinski definition) is 4. The Labute approximate surface area is 120 Å². The van der Waals surface area contributed by atoms with Crippen LogP contribution in [0.3, 0.4) is 0 Å². The number of aliphatic hydroxyl groups excluding tert-OH is 3. The number of nitro groups is 1. The van der Waals surface area contributed by atoms with Crippen molar-refractivity contribution in [3.63, 3.8) is 0 Å². The Hall–Kier alpha value is -2.04. The van der Waals surface area contributed by atoms with E-state index in [0.717, 1.165) is 4.68 Å². The minimum absolute atomic E-state index is 0.166. The average molecular weight is 302 g/mol. The van der Waals surface area contributed by atoms with Crippen LogP contribution < -0.4 is 5.32 Å². The van der Waals surface area contributed by atoms with Crippen LogP contribution in [0.1, 0.15) is 11.4 Å². The van der Waals surface area contributed by atoms with Gasteiger partial charge in [0.25, 0.3) is 0 Å². The van der Waals surface area contributed by atoms with E-state index >= 15 is 0 Å². The monoisotopic (exact) mass is 302 g/mol. The normalized spacial score (nSPS) is 11.5. The Morgan fingerprint density at radius 1 is 1.33 bits per heavy atom. The van der Waals surface area contributed by atoms with Gasteiger partial charge in [-0.3, -0.25) is 19.6 Å². The second-order valence-corrected chi connectivity index (χ2v) is 4.74. The molecule has 0 saturated heterocycles. The lowest BCUT2D eigenvalue weighted by atomic mass is 10.0. The van der Waals surface area contributed by atoms with Crippen LogP contribution in [-0.2, 0) is 11.3 Å². The summed E-state index contributed by atoms with van der Waals surface area (Å²) in [4.78, 5) is 22.2. The molecule has 1 rings (SSSR count). The van der Waals surface area contributed by atoms with Gasteiger partial charge < -0.3 is 20.6 Å². The number of carbonyl (C=O) groups is 1. The van der Waals surface area contributed by atoms with Crippen LogP contribution >= 0.6 is 0 Å². The molecule has 1 aromatic heterocycles. The topological polar surface area (TPSA) is 151 Å². The Morgan fingerprint density at radius 2 is 1.86 bits per heavy atom. The molecule has 21 heavy (non-hydrogen) atoms. The number of nitrogens with one attached hydrogen (secondary N) is 1. The van der Waals surface area contributed by atoms with Gasteiger partial charge in [0.05, 0.1) is 24.7 Å². The number of amides is 1. The fourth-order valence-corrected chi connectivity index (χ4v) is 1.85. The van der Waals surface area contributed by atoms with Crippen molar-refractivity contribution < 1.29 is 25.0 Å². The smallest absolute Gasteiger partial charge is 0.312 e. The molecule has 0 radical (unpaired) electrons. The number of aromatic nitrogens is 2. The molecule has 10 heteroatoms. The van der Waals surface area contributed by atoms with Gasteiger partial charge in [0.2, 0.25) is 5.91 Å². The molecule has 0 unspecified atom stereocenters. The number of nitrogens with zero attached hydrogens (tertiary/aromatic N) is 3. The van der Waals surface area contributed by atoms with E-state index in [9.17, 15) is 14.9 Å². The molecule has 0 saturated carbocycles. The molecule has 0 aliphatic rings. The lowest BCUT2D eigenvalue weighted by Gasteiger charge is -2.28. The standard InChI is InChI=1S/C11H18N4O6/c1-7-10(15(20)21)8(2)14(13-7)3-9(19)12-11(4-16,5-17)6-18/h16-18H,3-6H2,1-2H3,(H,12,19). The average Bonchev–Trinajstić information content (AvgIpc) is 2.70. The first-order valence-electron chi connectivity index (χ1n) is 6.12. The van der Waals surface area contributed by atoms with Crippen molar-refractivity contribution in [2.24, 2.45) is 0 Å². The van der Waals surface area contributed by atoms with E-state index in [4.69, 9.17) is 15.3 Å². The summed E-state index contributed by atoms with van der Waals surface area (Å²) < 4.78 is 1.15. The predicted octanol–water partition coefficient (Wildman–Crippen LogP) is -1.76. The van der Waals surface area contributed by atoms with Crippen LogP contribution in [0.5, 0.6) is 0 Å². The highest BCUT2D eigenvalue weighted by Crippen LogP contribution is 2.21. The van der Waals surface area contributed by atoms with E-state index < -0.39 is 36.2 Å². The molecule has 1 aromatic rings. The Balaban J connectivity index is 2.90. The summed E-state index contributed by atoms with van der Waals surface area (Å²) in [5, 5.41) is 44.4. The van der Waals surface area contributed by atoms with Crippen LogP contribution in [0, 0.1) is 24.0 Å². The molecule has 0 aromatic carbocycles. The van der Waals surface area contributed by atoms with Gasteiger partial charge in [-0.2, -0.15) is 5.10 Å². The summed E-state index contributed by atoms with van der Waals surface area (Å²) in [6, 6.07) is 0. The first-order valence-corrected chi connectivity index (χ1v) is 6.12. The highest BCUT2D eigenvalue weighted by Gasteiger charge is 2.31. The fourth-order valence-electron chi connectivity index (χ4n) is 1.85. The van der Waals surface area contributed by atoms with Crippen molar-refractivity contribution in [1.82, 2.24) is 15.1 Å². The molecule has 0 fully saturated rings. The molecule has 0 aliphatic heterocycles. The van der Waals surface area contributed by atoms with Crippen LogP contribution in [0.25, 0.3) is 0 Å². The number of carbonyl (C=O) groups excluding carboxylic acids is 1. The van der Waals surface area contributed by atoms with Gasteiger partial charge in [0.15, 0.2) is 0 Å². The fraction of sp³-hybridized carbons (Fsp3) is 0.636. The van der Waals surface area contributed by atoms with Gasteiger partial charge in [-0.15, -0.1) is 0 Å². The van der Waals surface area contributed by atoms with Crippen LogP contribution in [-0.4, -0.2) is 61.3 Å². The van der Waals surface area contributed by atoms with Gasteiger partial charge >= 0.3 is 5.69 Å². The highest BCUT2D eigenvalue weighted by molar-refractivity contribution is 5.76. The minimum Gasteiger partial charge on any atom is -0.394 e. The summed E-state index contributed by atoms with van der Waals surface area (Å²) in [5.41, 5.74) is -1.31. The Morgan fingerprint density at radius 3 is 2.24 bits per heavy atom. The molecule has 0 bridgehead atoms. The number of rotatable bonds is 7. The zero-order valence-electron chi connectivity index (χ0n) is 11.7. The zero-order chi connectivity index (χ0) is 16.2. The second-order valence-electron chi connectivity index (χ2n) is 4.74.